The van der Waals surface area contributed by atoms with Crippen molar-refractivity contribution in [1.29, 1.82) is 0 Å². The second-order valence-corrected chi connectivity index (χ2v) is 13.7. The van der Waals surface area contributed by atoms with Gasteiger partial charge in [0.05, 0.1) is 19.3 Å². The van der Waals surface area contributed by atoms with Crippen LogP contribution >= 0.6 is 23.5 Å². The van der Waals surface area contributed by atoms with Gasteiger partial charge in [0.2, 0.25) is 0 Å². The van der Waals surface area contributed by atoms with E-state index >= 15 is 0 Å². The Labute approximate surface area is 232 Å². The second-order valence-electron chi connectivity index (χ2n) is 9.23. The number of ether oxygens (including phenoxy) is 1. The normalized spacial score (nSPS) is 24.1. The van der Waals surface area contributed by atoms with E-state index in [0.29, 0.717) is 11.5 Å². The van der Waals surface area contributed by atoms with Crippen LogP contribution in [-0.4, -0.2) is 41.4 Å². The number of phosphoric acid groups is 3. The number of benzene rings is 1. The first-order valence-corrected chi connectivity index (χ1v) is 16.5. The molecular weight excluding hydrogens is 609 g/mol. The van der Waals surface area contributed by atoms with Crippen molar-refractivity contribution in [3.63, 3.8) is 0 Å². The summed E-state index contributed by atoms with van der Waals surface area (Å²) >= 11 is 0. The summed E-state index contributed by atoms with van der Waals surface area (Å²) in [5.41, 5.74) is -0.458. The van der Waals surface area contributed by atoms with Crippen molar-refractivity contribution in [2.45, 2.75) is 32.7 Å². The lowest BCUT2D eigenvalue weighted by Crippen LogP contribution is -2.41. The fourth-order valence-electron chi connectivity index (χ4n) is 4.25. The van der Waals surface area contributed by atoms with Crippen LogP contribution in [-0.2, 0) is 38.1 Å². The minimum absolute atomic E-state index is 0.155. The fraction of sp³-hybridized carbons (Fsp3) is 0.364. The molecular formula is C22H27N2O14P3. The minimum Gasteiger partial charge on any atom is -0.459 e. The monoisotopic (exact) mass is 636 g/mol. The molecule has 16 nitrogen and oxygen atoms in total. The molecule has 0 bridgehead atoms. The molecule has 3 heterocycles. The van der Waals surface area contributed by atoms with Crippen molar-refractivity contribution >= 4 is 23.5 Å². The molecule has 0 saturated carbocycles. The number of hydrogen-bond acceptors (Lipinski definition) is 10. The predicted octanol–water partition coefficient (Wildman–Crippen LogP) is 2.83. The summed E-state index contributed by atoms with van der Waals surface area (Å²) in [5.74, 6) is 0.133. The van der Waals surface area contributed by atoms with Gasteiger partial charge >= 0.3 is 29.2 Å². The van der Waals surface area contributed by atoms with Crippen LogP contribution in [0, 0.1) is 11.8 Å². The second kappa shape index (κ2) is 12.0. The lowest BCUT2D eigenvalue weighted by Gasteiger charge is -2.20. The van der Waals surface area contributed by atoms with Gasteiger partial charge in [-0.1, -0.05) is 44.2 Å². The highest BCUT2D eigenvalue weighted by molar-refractivity contribution is 7.66. The molecule has 19 heteroatoms. The van der Waals surface area contributed by atoms with Crippen molar-refractivity contribution in [3.05, 3.63) is 81.3 Å². The molecule has 4 unspecified atom stereocenters. The van der Waals surface area contributed by atoms with Crippen LogP contribution in [0.3, 0.4) is 0 Å². The summed E-state index contributed by atoms with van der Waals surface area (Å²) in [6, 6.07) is 13.8. The van der Waals surface area contributed by atoms with Gasteiger partial charge in [0.15, 0.2) is 0 Å². The third-order valence-corrected chi connectivity index (χ3v) is 10.2. The van der Waals surface area contributed by atoms with E-state index in [1.54, 1.807) is 26.0 Å². The highest BCUT2D eigenvalue weighted by atomic mass is 31.3. The quantitative estimate of drug-likeness (QED) is 0.222. The molecule has 224 valence electrons. The van der Waals surface area contributed by atoms with Crippen LogP contribution in [0.15, 0.2) is 68.7 Å². The third kappa shape index (κ3) is 7.89. The molecule has 6 atom stereocenters. The average molecular weight is 636 g/mol. The zero-order chi connectivity index (χ0) is 30.2. The smallest absolute Gasteiger partial charge is 0.459 e. The van der Waals surface area contributed by atoms with E-state index in [0.717, 1.165) is 10.1 Å². The molecule has 0 aliphatic carbocycles. The Morgan fingerprint density at radius 1 is 0.878 bits per heavy atom. The number of rotatable bonds is 11. The molecule has 3 aromatic rings. The predicted molar refractivity (Wildman–Crippen MR) is 140 cm³/mol. The van der Waals surface area contributed by atoms with Crippen LogP contribution in [0.1, 0.15) is 25.8 Å². The first-order chi connectivity index (χ1) is 19.1. The summed E-state index contributed by atoms with van der Waals surface area (Å²) in [6.07, 6.45) is -0.613. The van der Waals surface area contributed by atoms with Crippen LogP contribution < -0.4 is 11.2 Å². The Hall–Kier alpha value is -2.45. The van der Waals surface area contributed by atoms with Crippen LogP contribution in [0.25, 0.3) is 11.3 Å². The van der Waals surface area contributed by atoms with E-state index in [1.807, 2.05) is 30.3 Å². The zero-order valence-corrected chi connectivity index (χ0v) is 24.2. The summed E-state index contributed by atoms with van der Waals surface area (Å²) < 4.78 is 60.4. The maximum Gasteiger partial charge on any atom is 0.490 e. The third-order valence-electron chi connectivity index (χ3n) is 6.40. The van der Waals surface area contributed by atoms with E-state index in [9.17, 15) is 33.1 Å². The van der Waals surface area contributed by atoms with E-state index < -0.39 is 59.6 Å². The molecule has 0 spiro atoms. The van der Waals surface area contributed by atoms with Gasteiger partial charge < -0.3 is 28.7 Å². The number of phosphoric ester groups is 1. The van der Waals surface area contributed by atoms with Crippen LogP contribution in [0.5, 0.6) is 0 Å². The summed E-state index contributed by atoms with van der Waals surface area (Å²) in [6.45, 7) is 2.61. The van der Waals surface area contributed by atoms with Crippen molar-refractivity contribution in [2.24, 2.45) is 11.8 Å². The lowest BCUT2D eigenvalue weighted by atomic mass is 9.93. The van der Waals surface area contributed by atoms with E-state index in [4.69, 9.17) is 23.5 Å². The first kappa shape index (κ1) is 31.5. The van der Waals surface area contributed by atoms with Gasteiger partial charge in [-0.3, -0.25) is 18.5 Å². The highest BCUT2D eigenvalue weighted by Crippen LogP contribution is 2.66. The van der Waals surface area contributed by atoms with Crippen LogP contribution in [0.4, 0.5) is 0 Å². The highest BCUT2D eigenvalue weighted by Gasteiger charge is 2.44. The van der Waals surface area contributed by atoms with E-state index in [2.05, 4.69) is 8.62 Å². The zero-order valence-electron chi connectivity index (χ0n) is 21.5. The molecule has 1 aromatic carbocycles. The number of furan rings is 1. The Balaban J connectivity index is 1.48. The summed E-state index contributed by atoms with van der Waals surface area (Å²) in [5, 5.41) is 0. The van der Waals surface area contributed by atoms with Crippen LogP contribution in [0.2, 0.25) is 0 Å². The minimum atomic E-state index is -5.67. The Morgan fingerprint density at radius 3 is 2.22 bits per heavy atom. The SMILES string of the molecule is CC1C(C)[C@@H](COP(=O)(O)OP(=O)(O)OP(=O)(O)O)O[C@H]1n1ccc(=O)n(Cc2ccc(-c3ccccc3)o2)c1=O. The van der Waals surface area contributed by atoms with Gasteiger partial charge in [-0.25, -0.2) is 18.5 Å². The molecule has 0 amide bonds. The first-order valence-electron chi connectivity index (χ1n) is 12.0. The maximum absolute atomic E-state index is 13.3. The van der Waals surface area contributed by atoms with Gasteiger partial charge in [-0.05, 0) is 18.1 Å². The standard InChI is InChI=1S/C22H27N2O14P3/c1-14-15(2)21(36-19(14)13-34-40(30,31)38-41(32,33)37-39(27,28)29)23-11-10-20(25)24(22(23)26)12-17-8-9-18(35-17)16-6-4-3-5-7-16/h3-11,14-15,19,21H,12-13H2,1-2H3,(H,30,31)(H,32,33)(H2,27,28,29)/t14?,15?,19-,21-/m1/s1. The van der Waals surface area contributed by atoms with Crippen molar-refractivity contribution < 1.29 is 55.6 Å². The molecule has 0 radical (unpaired) electrons. The van der Waals surface area contributed by atoms with Crippen molar-refractivity contribution in [2.75, 3.05) is 6.61 Å². The van der Waals surface area contributed by atoms with Gasteiger partial charge in [0, 0.05) is 23.7 Å². The maximum atomic E-state index is 13.3. The largest absolute Gasteiger partial charge is 0.490 e. The van der Waals surface area contributed by atoms with E-state index in [-0.39, 0.29) is 12.5 Å². The van der Waals surface area contributed by atoms with Gasteiger partial charge in [0.25, 0.3) is 5.56 Å². The molecule has 2 aromatic heterocycles. The summed E-state index contributed by atoms with van der Waals surface area (Å²) in [7, 11) is -16.6. The van der Waals surface area contributed by atoms with Crippen molar-refractivity contribution in [1.82, 2.24) is 9.13 Å². The van der Waals surface area contributed by atoms with Gasteiger partial charge in [-0.2, -0.15) is 8.62 Å². The number of aromatic nitrogens is 2. The van der Waals surface area contributed by atoms with Gasteiger partial charge in [-0.15, -0.1) is 0 Å². The Bertz CT molecular complexity index is 1640. The van der Waals surface area contributed by atoms with E-state index in [1.165, 1.54) is 16.8 Å². The lowest BCUT2D eigenvalue weighted by molar-refractivity contribution is -0.0375. The molecule has 1 fully saturated rings. The Kier molecular flexibility index (Phi) is 9.25. The van der Waals surface area contributed by atoms with Gasteiger partial charge in [0.1, 0.15) is 17.7 Å². The number of nitrogens with zero attached hydrogens (tertiary/aromatic N) is 2. The summed E-state index contributed by atoms with van der Waals surface area (Å²) in [4.78, 5) is 62.3. The molecule has 1 saturated heterocycles. The molecule has 4 rings (SSSR count). The van der Waals surface area contributed by atoms with Crippen molar-refractivity contribution in [3.8, 4) is 11.3 Å². The number of hydrogen-bond donors (Lipinski definition) is 4. The molecule has 1 aliphatic rings. The fourth-order valence-corrected chi connectivity index (χ4v) is 7.28. The Morgan fingerprint density at radius 2 is 1.56 bits per heavy atom. The molecule has 41 heavy (non-hydrogen) atoms. The topological polar surface area (TPSA) is 226 Å². The molecule has 1 aliphatic heterocycles. The molecule has 4 N–H and O–H groups in total. The average Bonchev–Trinajstić information content (AvgIpc) is 3.44.